The van der Waals surface area contributed by atoms with Crippen LogP contribution in [0.2, 0.25) is 0 Å². The maximum absolute atomic E-state index is 11.2. The summed E-state index contributed by atoms with van der Waals surface area (Å²) in [6, 6.07) is 12.0. The van der Waals surface area contributed by atoms with Crippen LogP contribution in [0.3, 0.4) is 0 Å². The van der Waals surface area contributed by atoms with E-state index < -0.39 is 10.0 Å². The Morgan fingerprint density at radius 1 is 1.19 bits per heavy atom. The van der Waals surface area contributed by atoms with Gasteiger partial charge in [0.05, 0.1) is 23.4 Å². The maximum Gasteiger partial charge on any atom is 0.238 e. The Labute approximate surface area is 123 Å². The molecule has 21 heavy (non-hydrogen) atoms. The second kappa shape index (κ2) is 6.02. The van der Waals surface area contributed by atoms with E-state index in [2.05, 4.69) is 5.32 Å². The van der Waals surface area contributed by atoms with E-state index in [0.717, 1.165) is 11.3 Å². The zero-order chi connectivity index (χ0) is 15.5. The van der Waals surface area contributed by atoms with Gasteiger partial charge in [0, 0.05) is 6.54 Å². The molecule has 0 heterocycles. The highest BCUT2D eigenvalue weighted by Gasteiger charge is 2.09. The van der Waals surface area contributed by atoms with Gasteiger partial charge in [0.15, 0.2) is 0 Å². The molecule has 112 valence electrons. The number of nitrogen functional groups attached to an aromatic ring is 1. The van der Waals surface area contributed by atoms with Gasteiger partial charge >= 0.3 is 0 Å². The molecule has 0 aliphatic heterocycles. The Hall–Kier alpha value is -2.25. The van der Waals surface area contributed by atoms with Crippen LogP contribution in [0.25, 0.3) is 0 Å². The van der Waals surface area contributed by atoms with Gasteiger partial charge in [-0.25, -0.2) is 13.6 Å². The number of nitrogens with two attached hydrogens (primary N) is 2. The first-order valence-corrected chi connectivity index (χ1v) is 7.74. The lowest BCUT2D eigenvalue weighted by Crippen LogP contribution is -2.13. The SMILES string of the molecule is COc1cccc(CNc2ccc(S(N)(=O)=O)cc2N)c1. The number of benzene rings is 2. The predicted octanol–water partition coefficient (Wildman–Crippen LogP) is 1.54. The largest absolute Gasteiger partial charge is 0.497 e. The Bertz CT molecular complexity index is 745. The monoisotopic (exact) mass is 307 g/mol. The van der Waals surface area contributed by atoms with E-state index in [9.17, 15) is 8.42 Å². The fraction of sp³-hybridized carbons (Fsp3) is 0.143. The molecule has 6 nitrogen and oxygen atoms in total. The lowest BCUT2D eigenvalue weighted by atomic mass is 10.2. The summed E-state index contributed by atoms with van der Waals surface area (Å²) in [5.74, 6) is 0.770. The zero-order valence-electron chi connectivity index (χ0n) is 11.5. The minimum absolute atomic E-state index is 0.00747. The Morgan fingerprint density at radius 3 is 2.57 bits per heavy atom. The number of hydrogen-bond donors (Lipinski definition) is 3. The van der Waals surface area contributed by atoms with Crippen LogP contribution in [-0.2, 0) is 16.6 Å². The van der Waals surface area contributed by atoms with Gasteiger partial charge in [-0.1, -0.05) is 12.1 Å². The topological polar surface area (TPSA) is 107 Å². The number of sulfonamides is 1. The van der Waals surface area contributed by atoms with Crippen LogP contribution in [-0.4, -0.2) is 15.5 Å². The molecule has 0 fully saturated rings. The lowest BCUT2D eigenvalue weighted by Gasteiger charge is -2.11. The highest BCUT2D eigenvalue weighted by Crippen LogP contribution is 2.23. The van der Waals surface area contributed by atoms with E-state index in [1.165, 1.54) is 12.1 Å². The molecule has 0 amide bonds. The Morgan fingerprint density at radius 2 is 1.95 bits per heavy atom. The van der Waals surface area contributed by atoms with Crippen LogP contribution in [0, 0.1) is 0 Å². The molecule has 0 unspecified atom stereocenters. The molecule has 2 aromatic rings. The summed E-state index contributed by atoms with van der Waals surface area (Å²) in [6.07, 6.45) is 0. The first kappa shape index (κ1) is 15.1. The summed E-state index contributed by atoms with van der Waals surface area (Å²) in [7, 11) is -2.13. The highest BCUT2D eigenvalue weighted by atomic mass is 32.2. The first-order chi connectivity index (χ1) is 9.90. The van der Waals surface area contributed by atoms with Gasteiger partial charge in [-0.05, 0) is 35.9 Å². The van der Waals surface area contributed by atoms with Crippen molar-refractivity contribution in [2.45, 2.75) is 11.4 Å². The minimum atomic E-state index is -3.74. The van der Waals surface area contributed by atoms with E-state index in [4.69, 9.17) is 15.6 Å². The van der Waals surface area contributed by atoms with Crippen molar-refractivity contribution in [3.63, 3.8) is 0 Å². The van der Waals surface area contributed by atoms with Crippen molar-refractivity contribution in [2.24, 2.45) is 5.14 Å². The van der Waals surface area contributed by atoms with Gasteiger partial charge in [0.25, 0.3) is 0 Å². The molecule has 7 heteroatoms. The summed E-state index contributed by atoms with van der Waals surface area (Å²) in [6.45, 7) is 0.538. The molecule has 0 radical (unpaired) electrons. The van der Waals surface area contributed by atoms with Crippen LogP contribution in [0.4, 0.5) is 11.4 Å². The van der Waals surface area contributed by atoms with Crippen molar-refractivity contribution >= 4 is 21.4 Å². The molecule has 0 bridgehead atoms. The van der Waals surface area contributed by atoms with Crippen LogP contribution >= 0.6 is 0 Å². The quantitative estimate of drug-likeness (QED) is 0.726. The summed E-state index contributed by atoms with van der Waals surface area (Å²) in [5, 5.41) is 8.20. The van der Waals surface area contributed by atoms with Crippen LogP contribution in [0.1, 0.15) is 5.56 Å². The van der Waals surface area contributed by atoms with Crippen molar-refractivity contribution in [3.05, 3.63) is 48.0 Å². The van der Waals surface area contributed by atoms with E-state index >= 15 is 0 Å². The number of methoxy groups -OCH3 is 1. The second-order valence-corrected chi connectivity index (χ2v) is 6.06. The number of hydrogen-bond acceptors (Lipinski definition) is 5. The fourth-order valence-corrected chi connectivity index (χ4v) is 2.41. The smallest absolute Gasteiger partial charge is 0.238 e. The molecule has 2 rings (SSSR count). The molecule has 0 aliphatic rings. The third kappa shape index (κ3) is 3.87. The van der Waals surface area contributed by atoms with Crippen molar-refractivity contribution in [3.8, 4) is 5.75 Å². The molecule has 0 saturated carbocycles. The van der Waals surface area contributed by atoms with Gasteiger partial charge in [-0.3, -0.25) is 0 Å². The number of anilines is 2. The van der Waals surface area contributed by atoms with E-state index in [1.54, 1.807) is 13.2 Å². The average molecular weight is 307 g/mol. The zero-order valence-corrected chi connectivity index (χ0v) is 12.4. The van der Waals surface area contributed by atoms with Crippen molar-refractivity contribution < 1.29 is 13.2 Å². The number of primary sulfonamides is 1. The van der Waals surface area contributed by atoms with E-state index in [0.29, 0.717) is 17.9 Å². The van der Waals surface area contributed by atoms with Crippen molar-refractivity contribution in [2.75, 3.05) is 18.2 Å². The van der Waals surface area contributed by atoms with Gasteiger partial charge in [-0.15, -0.1) is 0 Å². The molecule has 5 N–H and O–H groups in total. The predicted molar refractivity (Wildman–Crippen MR) is 82.5 cm³/mol. The van der Waals surface area contributed by atoms with Gasteiger partial charge in [0.2, 0.25) is 10.0 Å². The third-order valence-corrected chi connectivity index (χ3v) is 3.88. The van der Waals surface area contributed by atoms with Crippen molar-refractivity contribution in [1.82, 2.24) is 0 Å². The minimum Gasteiger partial charge on any atom is -0.497 e. The van der Waals surface area contributed by atoms with Gasteiger partial charge in [-0.2, -0.15) is 0 Å². The van der Waals surface area contributed by atoms with Crippen LogP contribution < -0.4 is 20.9 Å². The second-order valence-electron chi connectivity index (χ2n) is 4.50. The Kier molecular flexibility index (Phi) is 4.35. The summed E-state index contributed by atoms with van der Waals surface area (Å²) in [5.41, 5.74) is 7.82. The normalized spacial score (nSPS) is 11.1. The molecule has 0 saturated heterocycles. The molecule has 0 aromatic heterocycles. The standard InChI is InChI=1S/C14H17N3O3S/c1-20-11-4-2-3-10(7-11)9-17-14-6-5-12(8-13(14)15)21(16,18)19/h2-8,17H,9,15H2,1H3,(H2,16,18,19). The van der Waals surface area contributed by atoms with Gasteiger partial charge in [0.1, 0.15) is 5.75 Å². The molecule has 2 aromatic carbocycles. The van der Waals surface area contributed by atoms with E-state index in [1.807, 2.05) is 24.3 Å². The molecule has 0 spiro atoms. The summed E-state index contributed by atoms with van der Waals surface area (Å²) in [4.78, 5) is -0.00747. The summed E-state index contributed by atoms with van der Waals surface area (Å²) < 4.78 is 27.6. The molecule has 0 aliphatic carbocycles. The molecule has 0 atom stereocenters. The molecular formula is C14H17N3O3S. The highest BCUT2D eigenvalue weighted by molar-refractivity contribution is 7.89. The number of ether oxygens (including phenoxy) is 1. The third-order valence-electron chi connectivity index (χ3n) is 2.97. The van der Waals surface area contributed by atoms with Gasteiger partial charge < -0.3 is 15.8 Å². The molecular weight excluding hydrogens is 290 g/mol. The van der Waals surface area contributed by atoms with Crippen LogP contribution in [0.5, 0.6) is 5.75 Å². The Balaban J connectivity index is 2.13. The first-order valence-electron chi connectivity index (χ1n) is 6.19. The average Bonchev–Trinajstić information content (AvgIpc) is 2.45. The fourth-order valence-electron chi connectivity index (χ4n) is 1.86. The number of rotatable bonds is 5. The van der Waals surface area contributed by atoms with E-state index in [-0.39, 0.29) is 4.90 Å². The number of nitrogens with one attached hydrogen (secondary N) is 1. The van der Waals surface area contributed by atoms with Crippen LogP contribution in [0.15, 0.2) is 47.4 Å². The lowest BCUT2D eigenvalue weighted by molar-refractivity contribution is 0.414. The van der Waals surface area contributed by atoms with Crippen molar-refractivity contribution in [1.29, 1.82) is 0 Å². The maximum atomic E-state index is 11.2. The summed E-state index contributed by atoms with van der Waals surface area (Å²) >= 11 is 0.